The lowest BCUT2D eigenvalue weighted by atomic mass is 10.0. The number of imidazole rings is 1. The largest absolute Gasteiger partial charge is 0.386 e. The molecule has 1 atom stereocenters. The first-order valence-electron chi connectivity index (χ1n) is 7.14. The molecular weight excluding hydrogens is 255 g/mol. The highest BCUT2D eigenvalue weighted by Crippen LogP contribution is 2.25. The zero-order chi connectivity index (χ0) is 14.1. The van der Waals surface area contributed by atoms with Gasteiger partial charge in [-0.15, -0.1) is 0 Å². The minimum absolute atomic E-state index is 0.352. The highest BCUT2D eigenvalue weighted by atomic mass is 19.1. The van der Waals surface area contributed by atoms with Crippen LogP contribution in [0.15, 0.2) is 24.3 Å². The minimum atomic E-state index is -0.838. The van der Waals surface area contributed by atoms with Crippen LogP contribution in [0.4, 0.5) is 4.39 Å². The first-order valence-corrected chi connectivity index (χ1v) is 7.14. The fraction of sp³-hybridized carbons (Fsp3) is 0.438. The molecule has 1 aromatic heterocycles. The number of aliphatic hydroxyl groups excluding tert-OH is 1. The van der Waals surface area contributed by atoms with E-state index in [9.17, 15) is 9.50 Å². The van der Waals surface area contributed by atoms with Gasteiger partial charge in [0.1, 0.15) is 11.6 Å². The number of fused-ring (bicyclic) bond motifs is 1. The van der Waals surface area contributed by atoms with Gasteiger partial charge in [0.15, 0.2) is 0 Å². The summed E-state index contributed by atoms with van der Waals surface area (Å²) in [5.41, 5.74) is 2.71. The summed E-state index contributed by atoms with van der Waals surface area (Å²) in [7, 11) is 0. The van der Waals surface area contributed by atoms with Gasteiger partial charge in [0.05, 0.1) is 18.3 Å². The number of halogens is 1. The van der Waals surface area contributed by atoms with E-state index in [1.54, 1.807) is 18.2 Å². The van der Waals surface area contributed by atoms with E-state index in [-0.39, 0.29) is 5.82 Å². The molecule has 1 heterocycles. The fourth-order valence-corrected chi connectivity index (χ4v) is 2.99. The smallest absolute Gasteiger partial charge is 0.129 e. The molecule has 0 bridgehead atoms. The summed E-state index contributed by atoms with van der Waals surface area (Å²) in [5, 5.41) is 10.3. The number of aliphatic hydroxyl groups is 1. The molecule has 1 aliphatic carbocycles. The van der Waals surface area contributed by atoms with E-state index in [0.29, 0.717) is 12.1 Å². The minimum Gasteiger partial charge on any atom is -0.386 e. The fourth-order valence-electron chi connectivity index (χ4n) is 2.99. The van der Waals surface area contributed by atoms with Gasteiger partial charge >= 0.3 is 0 Å². The maximum absolute atomic E-state index is 13.7. The van der Waals surface area contributed by atoms with Crippen molar-refractivity contribution < 1.29 is 9.50 Å². The van der Waals surface area contributed by atoms with Crippen LogP contribution in [-0.4, -0.2) is 14.7 Å². The second-order valence-corrected chi connectivity index (χ2v) is 5.41. The Balaban J connectivity index is 1.88. The van der Waals surface area contributed by atoms with E-state index in [1.165, 1.54) is 18.2 Å². The van der Waals surface area contributed by atoms with Gasteiger partial charge in [0.2, 0.25) is 0 Å². The number of nitrogens with zero attached hydrogens (tertiary/aromatic N) is 2. The van der Waals surface area contributed by atoms with E-state index in [4.69, 9.17) is 0 Å². The van der Waals surface area contributed by atoms with Crippen molar-refractivity contribution in [1.82, 2.24) is 9.55 Å². The number of aryl methyl sites for hydroxylation is 2. The topological polar surface area (TPSA) is 38.0 Å². The Morgan fingerprint density at radius 3 is 2.85 bits per heavy atom. The quantitative estimate of drug-likeness (QED) is 0.934. The normalized spacial score (nSPS) is 15.9. The van der Waals surface area contributed by atoms with Crippen molar-refractivity contribution in [3.05, 3.63) is 52.9 Å². The molecule has 0 fully saturated rings. The van der Waals surface area contributed by atoms with Crippen LogP contribution in [0.1, 0.15) is 41.7 Å². The number of hydrogen-bond donors (Lipinski definition) is 1. The Kier molecular flexibility index (Phi) is 3.57. The van der Waals surface area contributed by atoms with Crippen LogP contribution >= 0.6 is 0 Å². The third kappa shape index (κ3) is 2.36. The predicted molar refractivity (Wildman–Crippen MR) is 75.0 cm³/mol. The van der Waals surface area contributed by atoms with Crippen LogP contribution in [0.2, 0.25) is 0 Å². The molecule has 106 valence electrons. The molecule has 0 saturated heterocycles. The molecule has 4 heteroatoms. The molecule has 0 radical (unpaired) electrons. The molecule has 20 heavy (non-hydrogen) atoms. The van der Waals surface area contributed by atoms with Gasteiger partial charge in [-0.05, 0) is 38.7 Å². The van der Waals surface area contributed by atoms with Crippen molar-refractivity contribution in [3.8, 4) is 0 Å². The molecule has 0 amide bonds. The van der Waals surface area contributed by atoms with Crippen molar-refractivity contribution in [2.24, 2.45) is 0 Å². The lowest BCUT2D eigenvalue weighted by Gasteiger charge is -2.18. The second kappa shape index (κ2) is 5.37. The Labute approximate surface area is 118 Å². The molecule has 1 unspecified atom stereocenters. The number of benzene rings is 1. The molecule has 0 aliphatic heterocycles. The Hall–Kier alpha value is -1.68. The Morgan fingerprint density at radius 2 is 2.05 bits per heavy atom. The van der Waals surface area contributed by atoms with Crippen LogP contribution < -0.4 is 0 Å². The highest BCUT2D eigenvalue weighted by Gasteiger charge is 2.21. The van der Waals surface area contributed by atoms with E-state index < -0.39 is 6.10 Å². The first kappa shape index (κ1) is 13.3. The highest BCUT2D eigenvalue weighted by molar-refractivity contribution is 5.23. The summed E-state index contributed by atoms with van der Waals surface area (Å²) in [5.74, 6) is 0.555. The van der Waals surface area contributed by atoms with Crippen LogP contribution in [0.5, 0.6) is 0 Å². The standard InChI is InChI=1S/C16H19FN2O/c1-11-18-14-8-4-5-9-15(14)19(11)10-16(20)12-6-2-3-7-13(12)17/h2-3,6-7,16,20H,4-5,8-10H2,1H3. The van der Waals surface area contributed by atoms with Crippen molar-refractivity contribution in [1.29, 1.82) is 0 Å². The first-order chi connectivity index (χ1) is 9.66. The molecule has 2 aromatic rings. The number of hydrogen-bond acceptors (Lipinski definition) is 2. The van der Waals surface area contributed by atoms with E-state index in [2.05, 4.69) is 4.98 Å². The van der Waals surface area contributed by atoms with Gasteiger partial charge in [0, 0.05) is 11.3 Å². The zero-order valence-corrected chi connectivity index (χ0v) is 11.6. The predicted octanol–water partition coefficient (Wildman–Crippen LogP) is 2.94. The maximum atomic E-state index is 13.7. The van der Waals surface area contributed by atoms with Crippen molar-refractivity contribution >= 4 is 0 Å². The van der Waals surface area contributed by atoms with Gasteiger partial charge in [-0.3, -0.25) is 0 Å². The number of aromatic nitrogens is 2. The third-order valence-electron chi connectivity index (χ3n) is 4.04. The molecular formula is C16H19FN2O. The van der Waals surface area contributed by atoms with Crippen LogP contribution in [-0.2, 0) is 19.4 Å². The average Bonchev–Trinajstić information content (AvgIpc) is 2.76. The summed E-state index contributed by atoms with van der Waals surface area (Å²) < 4.78 is 15.8. The molecule has 0 spiro atoms. The summed E-state index contributed by atoms with van der Waals surface area (Å²) in [6, 6.07) is 6.40. The molecule has 3 nitrogen and oxygen atoms in total. The van der Waals surface area contributed by atoms with Crippen LogP contribution in [0.25, 0.3) is 0 Å². The Bertz CT molecular complexity index is 621. The van der Waals surface area contributed by atoms with Crippen LogP contribution in [0, 0.1) is 12.7 Å². The van der Waals surface area contributed by atoms with Gasteiger partial charge in [-0.25, -0.2) is 9.37 Å². The van der Waals surface area contributed by atoms with Gasteiger partial charge < -0.3 is 9.67 Å². The SMILES string of the molecule is Cc1nc2c(n1CC(O)c1ccccc1F)CCCC2. The molecule has 1 aromatic carbocycles. The van der Waals surface area contributed by atoms with E-state index in [1.807, 2.05) is 11.5 Å². The summed E-state index contributed by atoms with van der Waals surface area (Å²) in [4.78, 5) is 4.58. The van der Waals surface area contributed by atoms with Crippen molar-refractivity contribution in [2.75, 3.05) is 0 Å². The Morgan fingerprint density at radius 1 is 1.30 bits per heavy atom. The molecule has 0 saturated carbocycles. The molecule has 1 N–H and O–H groups in total. The maximum Gasteiger partial charge on any atom is 0.129 e. The number of rotatable bonds is 3. The zero-order valence-electron chi connectivity index (χ0n) is 11.6. The summed E-state index contributed by atoms with van der Waals surface area (Å²) >= 11 is 0. The van der Waals surface area contributed by atoms with Gasteiger partial charge in [-0.1, -0.05) is 18.2 Å². The third-order valence-corrected chi connectivity index (χ3v) is 4.04. The monoisotopic (exact) mass is 274 g/mol. The van der Waals surface area contributed by atoms with Crippen molar-refractivity contribution in [2.45, 2.75) is 45.3 Å². The van der Waals surface area contributed by atoms with Gasteiger partial charge in [0.25, 0.3) is 0 Å². The lowest BCUT2D eigenvalue weighted by Crippen LogP contribution is -2.15. The lowest BCUT2D eigenvalue weighted by molar-refractivity contribution is 0.150. The van der Waals surface area contributed by atoms with E-state index in [0.717, 1.165) is 30.8 Å². The van der Waals surface area contributed by atoms with E-state index >= 15 is 0 Å². The second-order valence-electron chi connectivity index (χ2n) is 5.41. The van der Waals surface area contributed by atoms with Crippen molar-refractivity contribution in [3.63, 3.8) is 0 Å². The van der Waals surface area contributed by atoms with Gasteiger partial charge in [-0.2, -0.15) is 0 Å². The molecule has 1 aliphatic rings. The van der Waals surface area contributed by atoms with Crippen LogP contribution in [0.3, 0.4) is 0 Å². The molecule has 3 rings (SSSR count). The average molecular weight is 274 g/mol. The summed E-state index contributed by atoms with van der Waals surface area (Å²) in [6.45, 7) is 2.32. The summed E-state index contributed by atoms with van der Waals surface area (Å²) in [6.07, 6.45) is 3.52.